The number of benzene rings is 1. The fraction of sp³-hybridized carbons (Fsp3) is 0.500. The lowest BCUT2D eigenvalue weighted by Gasteiger charge is -2.35. The number of aliphatic hydroxyl groups is 1. The van der Waals surface area contributed by atoms with E-state index in [1.54, 1.807) is 12.1 Å². The zero-order valence-electron chi connectivity index (χ0n) is 10.7. The van der Waals surface area contributed by atoms with Gasteiger partial charge in [-0.3, -0.25) is 4.79 Å². The van der Waals surface area contributed by atoms with Crippen LogP contribution in [0.4, 0.5) is 10.1 Å². The molecule has 0 saturated heterocycles. The van der Waals surface area contributed by atoms with Crippen LogP contribution in [0.5, 0.6) is 0 Å². The Hall–Kier alpha value is -1.42. The van der Waals surface area contributed by atoms with Gasteiger partial charge in [-0.05, 0) is 37.8 Å². The molecule has 0 unspecified atom stereocenters. The Morgan fingerprint density at radius 3 is 2.72 bits per heavy atom. The van der Waals surface area contributed by atoms with Gasteiger partial charge in [-0.1, -0.05) is 6.07 Å². The first kappa shape index (κ1) is 13.0. The van der Waals surface area contributed by atoms with Crippen molar-refractivity contribution in [1.82, 2.24) is 0 Å². The molecule has 0 amide bonds. The highest BCUT2D eigenvalue weighted by Crippen LogP contribution is 2.30. The molecule has 2 rings (SSSR count). The zero-order valence-corrected chi connectivity index (χ0v) is 10.7. The molecule has 1 saturated carbocycles. The van der Waals surface area contributed by atoms with E-state index in [9.17, 15) is 14.3 Å². The number of anilines is 1. The standard InChI is InChI=1S/C14H18FNO2/c1-9(17)14-12(15)4-3-5-13(14)16(2)8-10-6-11(18)7-10/h3-5,10-11,18H,6-8H2,1-2H3. The maximum atomic E-state index is 13.7. The average molecular weight is 251 g/mol. The molecule has 4 heteroatoms. The SMILES string of the molecule is CC(=O)c1c(F)cccc1N(C)CC1CC(O)C1. The van der Waals surface area contributed by atoms with Crippen molar-refractivity contribution < 1.29 is 14.3 Å². The van der Waals surface area contributed by atoms with Gasteiger partial charge in [-0.25, -0.2) is 4.39 Å². The van der Waals surface area contributed by atoms with Crippen LogP contribution in [0.3, 0.4) is 0 Å². The van der Waals surface area contributed by atoms with Crippen molar-refractivity contribution in [3.63, 3.8) is 0 Å². The third-order valence-corrected chi connectivity index (χ3v) is 3.50. The van der Waals surface area contributed by atoms with Crippen LogP contribution in [-0.4, -0.2) is 30.6 Å². The quantitative estimate of drug-likeness (QED) is 0.834. The highest BCUT2D eigenvalue weighted by Gasteiger charge is 2.28. The summed E-state index contributed by atoms with van der Waals surface area (Å²) in [4.78, 5) is 13.4. The van der Waals surface area contributed by atoms with Gasteiger partial charge in [-0.15, -0.1) is 0 Å². The molecule has 1 aliphatic rings. The predicted molar refractivity (Wildman–Crippen MR) is 68.4 cm³/mol. The number of Topliss-reactive ketones (excluding diaryl/α,β-unsaturated/α-hetero) is 1. The summed E-state index contributed by atoms with van der Waals surface area (Å²) in [6.07, 6.45) is 1.38. The first-order valence-corrected chi connectivity index (χ1v) is 6.17. The summed E-state index contributed by atoms with van der Waals surface area (Å²) < 4.78 is 13.7. The van der Waals surface area contributed by atoms with Crippen molar-refractivity contribution in [3.8, 4) is 0 Å². The summed E-state index contributed by atoms with van der Waals surface area (Å²) in [6, 6.07) is 4.68. The van der Waals surface area contributed by atoms with Crippen molar-refractivity contribution in [1.29, 1.82) is 0 Å². The van der Waals surface area contributed by atoms with Crippen LogP contribution in [-0.2, 0) is 0 Å². The largest absolute Gasteiger partial charge is 0.393 e. The molecule has 0 bridgehead atoms. The number of hydrogen-bond donors (Lipinski definition) is 1. The fourth-order valence-electron chi connectivity index (χ4n) is 2.51. The molecule has 18 heavy (non-hydrogen) atoms. The Morgan fingerprint density at radius 2 is 2.17 bits per heavy atom. The number of rotatable bonds is 4. The van der Waals surface area contributed by atoms with Crippen molar-refractivity contribution >= 4 is 11.5 Å². The van der Waals surface area contributed by atoms with Gasteiger partial charge in [0, 0.05) is 13.6 Å². The van der Waals surface area contributed by atoms with Crippen LogP contribution in [0.25, 0.3) is 0 Å². The van der Waals surface area contributed by atoms with Crippen molar-refractivity contribution in [2.75, 3.05) is 18.5 Å². The lowest BCUT2D eigenvalue weighted by atomic mass is 9.82. The summed E-state index contributed by atoms with van der Waals surface area (Å²) in [5.74, 6) is -0.308. The lowest BCUT2D eigenvalue weighted by Crippen LogP contribution is -2.37. The molecule has 1 N–H and O–H groups in total. The molecule has 0 radical (unpaired) electrons. The molecule has 0 aliphatic heterocycles. The minimum Gasteiger partial charge on any atom is -0.393 e. The number of hydrogen-bond acceptors (Lipinski definition) is 3. The van der Waals surface area contributed by atoms with Crippen molar-refractivity contribution in [3.05, 3.63) is 29.6 Å². The van der Waals surface area contributed by atoms with Gasteiger partial charge in [0.25, 0.3) is 0 Å². The molecule has 0 atom stereocenters. The Morgan fingerprint density at radius 1 is 1.50 bits per heavy atom. The second-order valence-corrected chi connectivity index (χ2v) is 5.06. The number of nitrogens with zero attached hydrogens (tertiary/aromatic N) is 1. The Kier molecular flexibility index (Phi) is 3.66. The summed E-state index contributed by atoms with van der Waals surface area (Å²) in [7, 11) is 1.85. The van der Waals surface area contributed by atoms with E-state index in [4.69, 9.17) is 0 Å². The summed E-state index contributed by atoms with van der Waals surface area (Å²) in [5, 5.41) is 9.26. The average Bonchev–Trinajstić information content (AvgIpc) is 2.26. The van der Waals surface area contributed by atoms with Crippen LogP contribution in [0.2, 0.25) is 0 Å². The third kappa shape index (κ3) is 2.53. The van der Waals surface area contributed by atoms with E-state index in [-0.39, 0.29) is 17.5 Å². The zero-order chi connectivity index (χ0) is 13.3. The maximum absolute atomic E-state index is 13.7. The van der Waals surface area contributed by atoms with Gasteiger partial charge < -0.3 is 10.0 Å². The monoisotopic (exact) mass is 251 g/mol. The minimum absolute atomic E-state index is 0.153. The van der Waals surface area contributed by atoms with E-state index in [1.807, 2.05) is 11.9 Å². The molecule has 1 fully saturated rings. The Bertz CT molecular complexity index is 455. The molecule has 98 valence electrons. The number of ketones is 1. The first-order valence-electron chi connectivity index (χ1n) is 6.17. The number of carbonyl (C=O) groups excluding carboxylic acids is 1. The van der Waals surface area contributed by atoms with E-state index in [2.05, 4.69) is 0 Å². The van der Waals surface area contributed by atoms with Crippen molar-refractivity contribution in [2.24, 2.45) is 5.92 Å². The van der Waals surface area contributed by atoms with E-state index in [0.29, 0.717) is 11.6 Å². The third-order valence-electron chi connectivity index (χ3n) is 3.50. The predicted octanol–water partition coefficient (Wildman–Crippen LogP) is 2.24. The second-order valence-electron chi connectivity index (χ2n) is 5.06. The minimum atomic E-state index is -0.472. The van der Waals surface area contributed by atoms with Crippen LogP contribution in [0.1, 0.15) is 30.1 Å². The van der Waals surface area contributed by atoms with Gasteiger partial charge in [0.15, 0.2) is 5.78 Å². The molecule has 3 nitrogen and oxygen atoms in total. The van der Waals surface area contributed by atoms with Crippen LogP contribution < -0.4 is 4.90 Å². The molecule has 0 spiro atoms. The van der Waals surface area contributed by atoms with Crippen LogP contribution in [0.15, 0.2) is 18.2 Å². The van der Waals surface area contributed by atoms with E-state index in [1.165, 1.54) is 13.0 Å². The van der Waals surface area contributed by atoms with Gasteiger partial charge >= 0.3 is 0 Å². The maximum Gasteiger partial charge on any atom is 0.164 e. The van der Waals surface area contributed by atoms with Crippen LogP contribution >= 0.6 is 0 Å². The van der Waals surface area contributed by atoms with Gasteiger partial charge in [0.1, 0.15) is 5.82 Å². The Labute approximate surface area is 106 Å². The molecule has 0 heterocycles. The summed E-state index contributed by atoms with van der Waals surface area (Å²) >= 11 is 0. The smallest absolute Gasteiger partial charge is 0.164 e. The molecule has 1 aromatic carbocycles. The van der Waals surface area contributed by atoms with Crippen LogP contribution in [0, 0.1) is 11.7 Å². The normalized spacial score (nSPS) is 22.4. The van der Waals surface area contributed by atoms with Gasteiger partial charge in [0.2, 0.25) is 0 Å². The second kappa shape index (κ2) is 5.06. The van der Waals surface area contributed by atoms with Crippen molar-refractivity contribution in [2.45, 2.75) is 25.9 Å². The molecule has 0 aromatic heterocycles. The highest BCUT2D eigenvalue weighted by atomic mass is 19.1. The summed E-state index contributed by atoms with van der Waals surface area (Å²) in [6.45, 7) is 2.11. The molecular weight excluding hydrogens is 233 g/mol. The number of aliphatic hydroxyl groups excluding tert-OH is 1. The van der Waals surface area contributed by atoms with Gasteiger partial charge in [-0.2, -0.15) is 0 Å². The fourth-order valence-corrected chi connectivity index (χ4v) is 2.51. The molecule has 1 aliphatic carbocycles. The van der Waals surface area contributed by atoms with Gasteiger partial charge in [0.05, 0.1) is 17.4 Å². The van der Waals surface area contributed by atoms with E-state index < -0.39 is 5.82 Å². The van der Waals surface area contributed by atoms with E-state index in [0.717, 1.165) is 19.4 Å². The highest BCUT2D eigenvalue weighted by molar-refractivity contribution is 6.00. The first-order chi connectivity index (χ1) is 8.49. The van der Waals surface area contributed by atoms with E-state index >= 15 is 0 Å². The summed E-state index contributed by atoms with van der Waals surface area (Å²) in [5.41, 5.74) is 0.781. The lowest BCUT2D eigenvalue weighted by molar-refractivity contribution is 0.0464. The number of carbonyl (C=O) groups is 1. The Balaban J connectivity index is 2.16. The molecular formula is C14H18FNO2. The number of halogens is 1. The molecule has 1 aromatic rings. The topological polar surface area (TPSA) is 40.5 Å².